The van der Waals surface area contributed by atoms with Gasteiger partial charge in [0.15, 0.2) is 5.96 Å². The predicted octanol–water partition coefficient (Wildman–Crippen LogP) is 3.79. The lowest BCUT2D eigenvalue weighted by Gasteiger charge is -2.19. The maximum Gasteiger partial charge on any atom is 0.401 e. The molecule has 0 aliphatic carbocycles. The third kappa shape index (κ3) is 7.83. The Hall–Kier alpha value is -0.810. The summed E-state index contributed by atoms with van der Waals surface area (Å²) in [6.45, 7) is 2.61. The molecule has 1 aliphatic rings. The molecule has 1 aliphatic heterocycles. The fraction of sp³-hybridized carbons (Fsp3) is 0.562. The van der Waals surface area contributed by atoms with Crippen molar-refractivity contribution in [3.8, 4) is 0 Å². The third-order valence-corrected chi connectivity index (χ3v) is 4.05. The Morgan fingerprint density at radius 1 is 1.38 bits per heavy atom. The van der Waals surface area contributed by atoms with Crippen molar-refractivity contribution in [3.05, 3.63) is 34.6 Å². The molecule has 0 bridgehead atoms. The van der Waals surface area contributed by atoms with E-state index in [1.165, 1.54) is 17.0 Å². The SMILES string of the molecule is CCNC(=NCc1ccc(F)c(Cl)c1)NC1CCN(CC(F)(F)F)C1.I. The molecule has 1 saturated heterocycles. The van der Waals surface area contributed by atoms with Gasteiger partial charge >= 0.3 is 6.18 Å². The Bertz CT molecular complexity index is 612. The highest BCUT2D eigenvalue weighted by molar-refractivity contribution is 14.0. The average Bonchev–Trinajstić information content (AvgIpc) is 2.93. The van der Waals surface area contributed by atoms with Crippen LogP contribution in [-0.2, 0) is 6.54 Å². The van der Waals surface area contributed by atoms with E-state index >= 15 is 0 Å². The van der Waals surface area contributed by atoms with Gasteiger partial charge in [0.1, 0.15) is 5.82 Å². The van der Waals surface area contributed by atoms with Crippen LogP contribution in [0.1, 0.15) is 18.9 Å². The van der Waals surface area contributed by atoms with Gasteiger partial charge in [0, 0.05) is 25.7 Å². The number of hydrogen-bond donors (Lipinski definition) is 2. The number of alkyl halides is 3. The van der Waals surface area contributed by atoms with Gasteiger partial charge in [-0.2, -0.15) is 13.2 Å². The first-order valence-electron chi connectivity index (χ1n) is 8.04. The van der Waals surface area contributed by atoms with Crippen molar-refractivity contribution in [2.45, 2.75) is 32.1 Å². The molecule has 10 heteroatoms. The molecule has 0 saturated carbocycles. The molecule has 2 N–H and O–H groups in total. The van der Waals surface area contributed by atoms with Crippen molar-refractivity contribution in [1.82, 2.24) is 15.5 Å². The van der Waals surface area contributed by atoms with E-state index in [1.54, 1.807) is 6.07 Å². The summed E-state index contributed by atoms with van der Waals surface area (Å²) < 4.78 is 50.5. The van der Waals surface area contributed by atoms with Crippen molar-refractivity contribution in [1.29, 1.82) is 0 Å². The zero-order valence-electron chi connectivity index (χ0n) is 14.2. The second-order valence-corrected chi connectivity index (χ2v) is 6.33. The minimum absolute atomic E-state index is 0. The molecule has 1 aromatic rings. The zero-order chi connectivity index (χ0) is 18.4. The first-order chi connectivity index (χ1) is 11.8. The van der Waals surface area contributed by atoms with Gasteiger partial charge in [-0.1, -0.05) is 17.7 Å². The maximum absolute atomic E-state index is 13.2. The van der Waals surface area contributed by atoms with Crippen LogP contribution in [0.3, 0.4) is 0 Å². The lowest BCUT2D eigenvalue weighted by atomic mass is 10.2. The number of guanidine groups is 1. The van der Waals surface area contributed by atoms with Crippen molar-refractivity contribution >= 4 is 41.5 Å². The quantitative estimate of drug-likeness (QED) is 0.275. The highest BCUT2D eigenvalue weighted by Crippen LogP contribution is 2.20. The summed E-state index contributed by atoms with van der Waals surface area (Å²) >= 11 is 5.74. The average molecular weight is 509 g/mol. The van der Waals surface area contributed by atoms with Crippen molar-refractivity contribution in [2.24, 2.45) is 4.99 Å². The van der Waals surface area contributed by atoms with E-state index in [4.69, 9.17) is 11.6 Å². The Morgan fingerprint density at radius 2 is 2.12 bits per heavy atom. The molecule has 148 valence electrons. The van der Waals surface area contributed by atoms with Crippen molar-refractivity contribution in [3.63, 3.8) is 0 Å². The van der Waals surface area contributed by atoms with Gasteiger partial charge in [-0.15, -0.1) is 24.0 Å². The molecule has 2 rings (SSSR count). The van der Waals surface area contributed by atoms with Crippen LogP contribution in [0.2, 0.25) is 5.02 Å². The Kier molecular flexibility index (Phi) is 9.39. The van der Waals surface area contributed by atoms with Gasteiger partial charge in [0.05, 0.1) is 18.1 Å². The van der Waals surface area contributed by atoms with E-state index in [0.717, 1.165) is 5.56 Å². The molecular formula is C16H22ClF4IN4. The van der Waals surface area contributed by atoms with Crippen LogP contribution < -0.4 is 10.6 Å². The fourth-order valence-electron chi connectivity index (χ4n) is 2.67. The summed E-state index contributed by atoms with van der Waals surface area (Å²) in [7, 11) is 0. The Morgan fingerprint density at radius 3 is 2.73 bits per heavy atom. The molecule has 1 fully saturated rings. The van der Waals surface area contributed by atoms with Crippen molar-refractivity contribution in [2.75, 3.05) is 26.2 Å². The number of aliphatic imine (C=N–C) groups is 1. The Balaban J connectivity index is 0.00000338. The van der Waals surface area contributed by atoms with E-state index in [9.17, 15) is 17.6 Å². The van der Waals surface area contributed by atoms with Crippen LogP contribution in [0.4, 0.5) is 17.6 Å². The largest absolute Gasteiger partial charge is 0.401 e. The highest BCUT2D eigenvalue weighted by Gasteiger charge is 2.34. The lowest BCUT2D eigenvalue weighted by molar-refractivity contribution is -0.143. The summed E-state index contributed by atoms with van der Waals surface area (Å²) in [5.41, 5.74) is 0.744. The molecule has 1 aromatic carbocycles. The van der Waals surface area contributed by atoms with E-state index in [0.29, 0.717) is 32.0 Å². The first kappa shape index (κ1) is 23.2. The standard InChI is InChI=1S/C16H21ClF4N4.HI/c1-2-22-15(23-8-11-3-4-14(18)13(17)7-11)24-12-5-6-25(9-12)10-16(19,20)21;/h3-4,7,12H,2,5-6,8-10H2,1H3,(H2,22,23,24);1H. The second-order valence-electron chi connectivity index (χ2n) is 5.92. The van der Waals surface area contributed by atoms with E-state index < -0.39 is 18.5 Å². The first-order valence-corrected chi connectivity index (χ1v) is 8.42. The van der Waals surface area contributed by atoms with Crippen LogP contribution >= 0.6 is 35.6 Å². The van der Waals surface area contributed by atoms with Gasteiger partial charge in [0.2, 0.25) is 0 Å². The molecule has 1 atom stereocenters. The Labute approximate surface area is 172 Å². The molecule has 1 unspecified atom stereocenters. The molecule has 0 radical (unpaired) electrons. The fourth-order valence-corrected chi connectivity index (χ4v) is 2.87. The summed E-state index contributed by atoms with van der Waals surface area (Å²) in [5, 5.41) is 6.24. The number of likely N-dealkylation sites (tertiary alicyclic amines) is 1. The lowest BCUT2D eigenvalue weighted by Crippen LogP contribution is -2.45. The summed E-state index contributed by atoms with van der Waals surface area (Å²) in [6, 6.07) is 4.27. The maximum atomic E-state index is 13.2. The molecular weight excluding hydrogens is 487 g/mol. The molecule has 26 heavy (non-hydrogen) atoms. The van der Waals surface area contributed by atoms with Gasteiger partial charge < -0.3 is 10.6 Å². The molecule has 0 aromatic heterocycles. The summed E-state index contributed by atoms with van der Waals surface area (Å²) in [5.74, 6) is 0.0249. The topological polar surface area (TPSA) is 39.7 Å². The van der Waals surface area contributed by atoms with Gasteiger partial charge in [-0.05, 0) is 31.0 Å². The van der Waals surface area contributed by atoms with E-state index in [-0.39, 0.29) is 41.6 Å². The number of rotatable bonds is 5. The van der Waals surface area contributed by atoms with Gasteiger partial charge in [0.25, 0.3) is 0 Å². The van der Waals surface area contributed by atoms with Crippen LogP contribution in [-0.4, -0.2) is 49.3 Å². The van der Waals surface area contributed by atoms with Crippen LogP contribution in [0.15, 0.2) is 23.2 Å². The summed E-state index contributed by atoms with van der Waals surface area (Å²) in [4.78, 5) is 5.77. The molecule has 1 heterocycles. The number of nitrogens with zero attached hydrogens (tertiary/aromatic N) is 2. The molecule has 4 nitrogen and oxygen atoms in total. The number of halogens is 6. The number of nitrogens with one attached hydrogen (secondary N) is 2. The summed E-state index contributed by atoms with van der Waals surface area (Å²) in [6.07, 6.45) is -3.57. The minimum Gasteiger partial charge on any atom is -0.357 e. The minimum atomic E-state index is -4.19. The smallest absolute Gasteiger partial charge is 0.357 e. The third-order valence-electron chi connectivity index (χ3n) is 3.76. The molecule has 0 spiro atoms. The van der Waals surface area contributed by atoms with Gasteiger partial charge in [-0.25, -0.2) is 9.38 Å². The monoisotopic (exact) mass is 508 g/mol. The molecule has 0 amide bonds. The predicted molar refractivity (Wildman–Crippen MR) is 106 cm³/mol. The van der Waals surface area contributed by atoms with Gasteiger partial charge in [-0.3, -0.25) is 4.90 Å². The van der Waals surface area contributed by atoms with E-state index in [2.05, 4.69) is 15.6 Å². The normalized spacial score (nSPS) is 18.5. The highest BCUT2D eigenvalue weighted by atomic mass is 127. The second kappa shape index (κ2) is 10.5. The van der Waals surface area contributed by atoms with Crippen molar-refractivity contribution < 1.29 is 17.6 Å². The van der Waals surface area contributed by atoms with Crippen LogP contribution in [0, 0.1) is 5.82 Å². The zero-order valence-corrected chi connectivity index (χ0v) is 17.3. The number of hydrogen-bond acceptors (Lipinski definition) is 2. The number of benzene rings is 1. The van der Waals surface area contributed by atoms with E-state index in [1.807, 2.05) is 6.92 Å². The van der Waals surface area contributed by atoms with Crippen LogP contribution in [0.25, 0.3) is 0 Å². The van der Waals surface area contributed by atoms with Crippen LogP contribution in [0.5, 0.6) is 0 Å².